The molecule has 0 aliphatic rings. The molecule has 1 aromatic carbocycles. The highest BCUT2D eigenvalue weighted by atomic mass is 32.2. The van der Waals surface area contributed by atoms with Crippen molar-refractivity contribution >= 4 is 23.4 Å². The normalized spacial score (nSPS) is 10.3. The van der Waals surface area contributed by atoms with Crippen LogP contribution in [0.1, 0.15) is 32.6 Å². The number of nitrogens with one attached hydrogen (secondary N) is 1. The summed E-state index contributed by atoms with van der Waals surface area (Å²) in [6.45, 7) is 3.19. The lowest BCUT2D eigenvalue weighted by molar-refractivity contribution is -0.115. The SMILES string of the molecule is CCCCCCNc1ccccc1SCC(N)=O. The van der Waals surface area contributed by atoms with Gasteiger partial charge in [0, 0.05) is 17.1 Å². The molecule has 1 rings (SSSR count). The number of hydrogen-bond acceptors (Lipinski definition) is 3. The summed E-state index contributed by atoms with van der Waals surface area (Å²) in [6, 6.07) is 8.04. The number of thioether (sulfide) groups is 1. The van der Waals surface area contributed by atoms with Crippen LogP contribution in [0.25, 0.3) is 0 Å². The molecule has 0 saturated carbocycles. The maximum atomic E-state index is 10.8. The average molecular weight is 266 g/mol. The smallest absolute Gasteiger partial charge is 0.227 e. The zero-order valence-corrected chi connectivity index (χ0v) is 11.8. The highest BCUT2D eigenvalue weighted by Crippen LogP contribution is 2.26. The van der Waals surface area contributed by atoms with Crippen molar-refractivity contribution in [2.75, 3.05) is 17.6 Å². The van der Waals surface area contributed by atoms with Crippen LogP contribution in [-0.4, -0.2) is 18.2 Å². The monoisotopic (exact) mass is 266 g/mol. The minimum absolute atomic E-state index is 0.280. The van der Waals surface area contributed by atoms with Crippen LogP contribution in [0.5, 0.6) is 0 Å². The summed E-state index contributed by atoms with van der Waals surface area (Å²) in [5, 5.41) is 3.42. The standard InChI is InChI=1S/C14H22N2OS/c1-2-3-4-7-10-16-12-8-5-6-9-13(12)18-11-14(15)17/h5-6,8-9,16H,2-4,7,10-11H2,1H3,(H2,15,17). The molecule has 0 saturated heterocycles. The predicted molar refractivity (Wildman–Crippen MR) is 79.0 cm³/mol. The van der Waals surface area contributed by atoms with Crippen molar-refractivity contribution < 1.29 is 4.79 Å². The van der Waals surface area contributed by atoms with Crippen molar-refractivity contribution in [1.29, 1.82) is 0 Å². The number of nitrogens with two attached hydrogens (primary N) is 1. The summed E-state index contributed by atoms with van der Waals surface area (Å²) in [4.78, 5) is 11.9. The molecular formula is C14H22N2OS. The Morgan fingerprint density at radius 2 is 2.06 bits per heavy atom. The van der Waals surface area contributed by atoms with Crippen LogP contribution < -0.4 is 11.1 Å². The number of benzene rings is 1. The highest BCUT2D eigenvalue weighted by molar-refractivity contribution is 8.00. The van der Waals surface area contributed by atoms with Crippen molar-refractivity contribution in [1.82, 2.24) is 0 Å². The van der Waals surface area contributed by atoms with Gasteiger partial charge in [-0.3, -0.25) is 4.79 Å². The molecule has 0 bridgehead atoms. The van der Waals surface area contributed by atoms with Crippen LogP contribution >= 0.6 is 11.8 Å². The molecule has 0 unspecified atom stereocenters. The average Bonchev–Trinajstić information content (AvgIpc) is 2.37. The predicted octanol–water partition coefficient (Wildman–Crippen LogP) is 3.26. The molecule has 100 valence electrons. The van der Waals surface area contributed by atoms with E-state index in [1.165, 1.54) is 37.4 Å². The van der Waals surface area contributed by atoms with Gasteiger partial charge in [-0.05, 0) is 18.6 Å². The van der Waals surface area contributed by atoms with Crippen molar-refractivity contribution in [2.24, 2.45) is 5.73 Å². The molecule has 0 aliphatic heterocycles. The molecule has 3 N–H and O–H groups in total. The first-order chi connectivity index (χ1) is 8.74. The summed E-state index contributed by atoms with van der Waals surface area (Å²) in [7, 11) is 0. The Hall–Kier alpha value is -1.16. The Labute approximate surface area is 114 Å². The number of para-hydroxylation sites is 1. The Bertz CT molecular complexity index is 369. The van der Waals surface area contributed by atoms with Gasteiger partial charge in [-0.2, -0.15) is 0 Å². The van der Waals surface area contributed by atoms with E-state index in [2.05, 4.69) is 12.2 Å². The summed E-state index contributed by atoms with van der Waals surface area (Å²) in [5.41, 5.74) is 6.26. The van der Waals surface area contributed by atoms with E-state index >= 15 is 0 Å². The molecule has 4 heteroatoms. The van der Waals surface area contributed by atoms with E-state index in [-0.39, 0.29) is 5.91 Å². The van der Waals surface area contributed by atoms with Gasteiger partial charge in [0.2, 0.25) is 5.91 Å². The van der Waals surface area contributed by atoms with Crippen molar-refractivity contribution in [3.63, 3.8) is 0 Å². The van der Waals surface area contributed by atoms with Gasteiger partial charge in [0.15, 0.2) is 0 Å². The van der Waals surface area contributed by atoms with Crippen LogP contribution in [0, 0.1) is 0 Å². The number of anilines is 1. The lowest BCUT2D eigenvalue weighted by Gasteiger charge is -2.10. The molecule has 0 radical (unpaired) electrons. The van der Waals surface area contributed by atoms with E-state index in [9.17, 15) is 4.79 Å². The summed E-state index contributed by atoms with van der Waals surface area (Å²) < 4.78 is 0. The second-order valence-electron chi connectivity index (χ2n) is 4.24. The van der Waals surface area contributed by atoms with Crippen LogP contribution in [-0.2, 0) is 4.79 Å². The van der Waals surface area contributed by atoms with Gasteiger partial charge in [-0.1, -0.05) is 38.3 Å². The van der Waals surface area contributed by atoms with E-state index in [0.29, 0.717) is 5.75 Å². The fourth-order valence-corrected chi connectivity index (χ4v) is 2.43. The topological polar surface area (TPSA) is 55.1 Å². The zero-order valence-electron chi connectivity index (χ0n) is 10.9. The lowest BCUT2D eigenvalue weighted by atomic mass is 10.2. The van der Waals surface area contributed by atoms with Crippen molar-refractivity contribution in [3.05, 3.63) is 24.3 Å². The second-order valence-corrected chi connectivity index (χ2v) is 5.26. The molecule has 0 fully saturated rings. The largest absolute Gasteiger partial charge is 0.384 e. The quantitative estimate of drug-likeness (QED) is 0.533. The van der Waals surface area contributed by atoms with Gasteiger partial charge in [0.05, 0.1) is 5.75 Å². The zero-order chi connectivity index (χ0) is 13.2. The Morgan fingerprint density at radius 3 is 2.78 bits per heavy atom. The maximum absolute atomic E-state index is 10.8. The van der Waals surface area contributed by atoms with E-state index in [1.807, 2.05) is 24.3 Å². The lowest BCUT2D eigenvalue weighted by Crippen LogP contribution is -2.13. The van der Waals surface area contributed by atoms with Crippen LogP contribution in [0.4, 0.5) is 5.69 Å². The number of amides is 1. The van der Waals surface area contributed by atoms with Crippen LogP contribution in [0.2, 0.25) is 0 Å². The second kappa shape index (κ2) is 8.86. The Morgan fingerprint density at radius 1 is 1.28 bits per heavy atom. The summed E-state index contributed by atoms with van der Waals surface area (Å²) >= 11 is 1.49. The third-order valence-corrected chi connectivity index (χ3v) is 3.70. The Kier molecular flexibility index (Phi) is 7.34. The maximum Gasteiger partial charge on any atom is 0.227 e. The van der Waals surface area contributed by atoms with E-state index in [4.69, 9.17) is 5.73 Å². The van der Waals surface area contributed by atoms with Gasteiger partial charge >= 0.3 is 0 Å². The number of rotatable bonds is 9. The van der Waals surface area contributed by atoms with Gasteiger partial charge < -0.3 is 11.1 Å². The van der Waals surface area contributed by atoms with E-state index in [0.717, 1.165) is 17.1 Å². The molecule has 1 aromatic rings. The van der Waals surface area contributed by atoms with Gasteiger partial charge in [0.25, 0.3) is 0 Å². The van der Waals surface area contributed by atoms with E-state index < -0.39 is 0 Å². The van der Waals surface area contributed by atoms with E-state index in [1.54, 1.807) is 0 Å². The van der Waals surface area contributed by atoms with Crippen LogP contribution in [0.3, 0.4) is 0 Å². The van der Waals surface area contributed by atoms with Crippen LogP contribution in [0.15, 0.2) is 29.2 Å². The first kappa shape index (κ1) is 14.9. The number of hydrogen-bond donors (Lipinski definition) is 2. The van der Waals surface area contributed by atoms with Crippen molar-refractivity contribution in [3.8, 4) is 0 Å². The summed E-state index contributed by atoms with van der Waals surface area (Å²) in [5.74, 6) is 0.0480. The fourth-order valence-electron chi connectivity index (χ4n) is 1.66. The molecule has 1 amide bonds. The molecule has 0 spiro atoms. The number of unbranched alkanes of at least 4 members (excludes halogenated alkanes) is 3. The third-order valence-electron chi connectivity index (χ3n) is 2.60. The molecule has 0 atom stereocenters. The number of carbonyl (C=O) groups is 1. The third kappa shape index (κ3) is 5.96. The number of primary amides is 1. The number of carbonyl (C=O) groups excluding carboxylic acids is 1. The molecule has 0 aliphatic carbocycles. The minimum Gasteiger partial charge on any atom is -0.384 e. The highest BCUT2D eigenvalue weighted by Gasteiger charge is 2.03. The van der Waals surface area contributed by atoms with Gasteiger partial charge in [0.1, 0.15) is 0 Å². The first-order valence-corrected chi connectivity index (χ1v) is 7.46. The minimum atomic E-state index is -0.280. The molecule has 0 aromatic heterocycles. The van der Waals surface area contributed by atoms with Crippen molar-refractivity contribution in [2.45, 2.75) is 37.5 Å². The Balaban J connectivity index is 2.41. The molecular weight excluding hydrogens is 244 g/mol. The van der Waals surface area contributed by atoms with Gasteiger partial charge in [-0.25, -0.2) is 0 Å². The molecule has 0 heterocycles. The molecule has 3 nitrogen and oxygen atoms in total. The summed E-state index contributed by atoms with van der Waals surface area (Å²) in [6.07, 6.45) is 4.99. The fraction of sp³-hybridized carbons (Fsp3) is 0.500. The van der Waals surface area contributed by atoms with Gasteiger partial charge in [-0.15, -0.1) is 11.8 Å². The molecule has 18 heavy (non-hydrogen) atoms. The first-order valence-electron chi connectivity index (χ1n) is 6.48.